The van der Waals surface area contributed by atoms with Gasteiger partial charge in [0, 0.05) is 11.8 Å². The smallest absolute Gasteiger partial charge is 0.263 e. The Labute approximate surface area is 180 Å². The molecule has 4 saturated carbocycles. The van der Waals surface area contributed by atoms with Gasteiger partial charge in [-0.1, -0.05) is 34.6 Å². The van der Waals surface area contributed by atoms with E-state index in [9.17, 15) is 14.7 Å². The number of fused-ring (bicyclic) bond motifs is 1. The molecule has 4 aliphatic carbocycles. The Bertz CT molecular complexity index is 849. The Balaban J connectivity index is 1.44. The van der Waals surface area contributed by atoms with Crippen molar-refractivity contribution in [3.63, 3.8) is 0 Å². The summed E-state index contributed by atoms with van der Waals surface area (Å²) >= 11 is 0. The highest BCUT2D eigenvalue weighted by Gasteiger charge is 2.63. The lowest BCUT2D eigenvalue weighted by Crippen LogP contribution is -2.55. The Kier molecular flexibility index (Phi) is 3.91. The molecule has 166 valence electrons. The van der Waals surface area contributed by atoms with Crippen molar-refractivity contribution in [2.24, 2.45) is 27.6 Å². The number of rotatable bonds is 3. The van der Waals surface area contributed by atoms with Gasteiger partial charge in [0.2, 0.25) is 0 Å². The van der Waals surface area contributed by atoms with Crippen molar-refractivity contribution in [2.75, 3.05) is 6.61 Å². The molecule has 2 heterocycles. The first-order chi connectivity index (χ1) is 13.7. The molecule has 2 aliphatic heterocycles. The summed E-state index contributed by atoms with van der Waals surface area (Å²) in [7, 11) is 0. The van der Waals surface area contributed by atoms with E-state index in [-0.39, 0.29) is 40.5 Å². The summed E-state index contributed by atoms with van der Waals surface area (Å²) in [6.07, 6.45) is 7.02. The number of carbonyl (C=O) groups is 2. The van der Waals surface area contributed by atoms with Gasteiger partial charge in [-0.15, -0.1) is 0 Å². The summed E-state index contributed by atoms with van der Waals surface area (Å²) in [6.45, 7) is 12.9. The molecule has 1 saturated heterocycles. The molecule has 0 aromatic heterocycles. The Morgan fingerprint density at radius 3 is 2.23 bits per heavy atom. The maximum absolute atomic E-state index is 13.6. The number of Topliss-reactive ketones (excluding diaryl/α,β-unsaturated/α-hetero) is 1. The van der Waals surface area contributed by atoms with Gasteiger partial charge in [-0.3, -0.25) is 14.5 Å². The number of nitrogens with zero attached hydrogens (tertiary/aromatic N) is 1. The summed E-state index contributed by atoms with van der Waals surface area (Å²) < 4.78 is 5.92. The Morgan fingerprint density at radius 1 is 1.10 bits per heavy atom. The second-order valence-corrected chi connectivity index (χ2v) is 13.4. The fourth-order valence-corrected chi connectivity index (χ4v) is 8.85. The molecule has 1 amide bonds. The second kappa shape index (κ2) is 5.70. The summed E-state index contributed by atoms with van der Waals surface area (Å²) in [5.74, 6) is 0.117. The van der Waals surface area contributed by atoms with Crippen LogP contribution in [0.2, 0.25) is 0 Å². The van der Waals surface area contributed by atoms with Crippen molar-refractivity contribution in [2.45, 2.75) is 98.3 Å². The van der Waals surface area contributed by atoms with Gasteiger partial charge < -0.3 is 9.84 Å². The third kappa shape index (κ3) is 2.69. The molecule has 0 aromatic rings. The van der Waals surface area contributed by atoms with Crippen LogP contribution in [0.5, 0.6) is 0 Å². The third-order valence-corrected chi connectivity index (χ3v) is 8.77. The van der Waals surface area contributed by atoms with Crippen LogP contribution in [-0.4, -0.2) is 40.1 Å². The molecule has 5 fully saturated rings. The topological polar surface area (TPSA) is 66.8 Å². The van der Waals surface area contributed by atoms with Gasteiger partial charge >= 0.3 is 0 Å². The van der Waals surface area contributed by atoms with Gasteiger partial charge in [0.15, 0.2) is 5.78 Å². The van der Waals surface area contributed by atoms with Crippen LogP contribution < -0.4 is 0 Å². The largest absolute Gasteiger partial charge is 0.509 e. The lowest BCUT2D eigenvalue weighted by Gasteiger charge is -2.65. The minimum Gasteiger partial charge on any atom is -0.509 e. The first-order valence-electron chi connectivity index (χ1n) is 11.6. The van der Waals surface area contributed by atoms with Crippen molar-refractivity contribution in [1.29, 1.82) is 0 Å². The Morgan fingerprint density at radius 2 is 1.70 bits per heavy atom. The number of hydrogen-bond donors (Lipinski definition) is 1. The zero-order chi connectivity index (χ0) is 21.9. The molecule has 5 heteroatoms. The highest BCUT2D eigenvalue weighted by atomic mass is 16.5. The maximum atomic E-state index is 13.6. The van der Waals surface area contributed by atoms with E-state index in [0.717, 1.165) is 19.3 Å². The van der Waals surface area contributed by atoms with Gasteiger partial charge in [-0.05, 0) is 67.6 Å². The van der Waals surface area contributed by atoms with E-state index in [1.54, 1.807) is 4.90 Å². The van der Waals surface area contributed by atoms with Crippen molar-refractivity contribution in [1.82, 2.24) is 4.90 Å². The molecule has 1 N–H and O–H groups in total. The number of hydrogen-bond acceptors (Lipinski definition) is 4. The third-order valence-electron chi connectivity index (χ3n) is 8.77. The number of amides is 1. The van der Waals surface area contributed by atoms with Crippen LogP contribution >= 0.6 is 0 Å². The molecule has 2 unspecified atom stereocenters. The average molecular weight is 416 g/mol. The summed E-state index contributed by atoms with van der Waals surface area (Å²) in [5.41, 5.74) is -0.569. The van der Waals surface area contributed by atoms with Crippen LogP contribution in [0.4, 0.5) is 0 Å². The lowest BCUT2D eigenvalue weighted by atomic mass is 9.39. The molecule has 6 rings (SSSR count). The number of ketones is 1. The summed E-state index contributed by atoms with van der Waals surface area (Å²) in [4.78, 5) is 28.6. The molecule has 0 radical (unpaired) electrons. The second-order valence-electron chi connectivity index (χ2n) is 13.4. The number of carbonyl (C=O) groups excluding carboxylic acids is 2. The standard InChI is InChI=1S/C25H37NO4/c1-21(2,3)20-26-19(29)17(18(28)24(26,6)14-30-20)16(27)10-25-9-15-7-22(4,12-25)11-23(5,8-15)13-25/h15,20,28H,7-14H2,1-6H3/t15?,20-,22?,23?,24-,25?/m1/s1. The minimum absolute atomic E-state index is 0.0125. The summed E-state index contributed by atoms with van der Waals surface area (Å²) in [6, 6.07) is 0. The molecule has 0 spiro atoms. The fraction of sp³-hybridized carbons (Fsp3) is 0.840. The fourth-order valence-electron chi connectivity index (χ4n) is 8.85. The average Bonchev–Trinajstić information content (AvgIpc) is 2.97. The predicted molar refractivity (Wildman–Crippen MR) is 114 cm³/mol. The first kappa shape index (κ1) is 20.5. The first-order valence-corrected chi connectivity index (χ1v) is 11.6. The van der Waals surface area contributed by atoms with Crippen molar-refractivity contribution < 1.29 is 19.4 Å². The lowest BCUT2D eigenvalue weighted by molar-refractivity contribution is -0.154. The molecule has 6 aliphatic rings. The highest BCUT2D eigenvalue weighted by molar-refractivity contribution is 6.22. The van der Waals surface area contributed by atoms with Gasteiger partial charge in [0.1, 0.15) is 23.1 Å². The van der Waals surface area contributed by atoms with Crippen LogP contribution in [0.25, 0.3) is 0 Å². The molecule has 4 atom stereocenters. The van der Waals surface area contributed by atoms with Crippen molar-refractivity contribution in [3.05, 3.63) is 11.3 Å². The molecular formula is C25H37NO4. The number of aliphatic hydroxyl groups excluding tert-OH is 1. The molecule has 5 nitrogen and oxygen atoms in total. The van der Waals surface area contributed by atoms with E-state index in [4.69, 9.17) is 4.74 Å². The molecule has 0 aromatic carbocycles. The van der Waals surface area contributed by atoms with E-state index in [1.165, 1.54) is 19.3 Å². The normalized spacial score (nSPS) is 47.4. The van der Waals surface area contributed by atoms with Crippen LogP contribution in [0.15, 0.2) is 11.3 Å². The summed E-state index contributed by atoms with van der Waals surface area (Å²) in [5, 5.41) is 11.1. The quantitative estimate of drug-likeness (QED) is 0.675. The van der Waals surface area contributed by atoms with E-state index < -0.39 is 11.8 Å². The van der Waals surface area contributed by atoms with Gasteiger partial charge in [-0.2, -0.15) is 0 Å². The van der Waals surface area contributed by atoms with Crippen LogP contribution in [-0.2, 0) is 14.3 Å². The highest BCUT2D eigenvalue weighted by Crippen LogP contribution is 2.70. The van der Waals surface area contributed by atoms with Crippen molar-refractivity contribution in [3.8, 4) is 0 Å². The maximum Gasteiger partial charge on any atom is 0.263 e. The van der Waals surface area contributed by atoms with Gasteiger partial charge in [0.05, 0.1) is 6.61 Å². The van der Waals surface area contributed by atoms with Crippen molar-refractivity contribution >= 4 is 11.7 Å². The molecular weight excluding hydrogens is 378 g/mol. The predicted octanol–water partition coefficient (Wildman–Crippen LogP) is 4.76. The van der Waals surface area contributed by atoms with Gasteiger partial charge in [-0.25, -0.2) is 0 Å². The number of aliphatic hydroxyl groups is 1. The van der Waals surface area contributed by atoms with E-state index >= 15 is 0 Å². The number of ether oxygens (including phenoxy) is 1. The monoisotopic (exact) mass is 415 g/mol. The van der Waals surface area contributed by atoms with Crippen LogP contribution in [0.1, 0.15) is 86.5 Å². The zero-order valence-electron chi connectivity index (χ0n) is 19.4. The SMILES string of the molecule is CC12CC3CC(C)(C1)CC(CC(=O)C1=C(O)[C@@]4(C)CO[C@H](C(C)(C)C)N4C1=O)(C3)C2. The van der Waals surface area contributed by atoms with Gasteiger partial charge in [0.25, 0.3) is 5.91 Å². The van der Waals surface area contributed by atoms with Crippen LogP contribution in [0.3, 0.4) is 0 Å². The molecule has 4 bridgehead atoms. The van der Waals surface area contributed by atoms with Crippen LogP contribution in [0, 0.1) is 27.6 Å². The minimum atomic E-state index is -0.931. The van der Waals surface area contributed by atoms with E-state index in [0.29, 0.717) is 23.2 Å². The molecule has 30 heavy (non-hydrogen) atoms. The van der Waals surface area contributed by atoms with E-state index in [2.05, 4.69) is 13.8 Å². The Hall–Kier alpha value is -1.36. The van der Waals surface area contributed by atoms with E-state index in [1.807, 2.05) is 27.7 Å². The zero-order valence-corrected chi connectivity index (χ0v) is 19.4.